The second-order valence-electron chi connectivity index (χ2n) is 4.13. The average Bonchev–Trinajstić information content (AvgIpc) is 2.39. The number of carboxylic acid groups (broad SMARTS) is 1. The number of carboxylic acids is 1. The summed E-state index contributed by atoms with van der Waals surface area (Å²) in [4.78, 5) is 11.1. The maximum Gasteiger partial charge on any atom is 0.335 e. The Bertz CT molecular complexity index is 635. The van der Waals surface area contributed by atoms with Gasteiger partial charge in [0.05, 0.1) is 12.7 Å². The molecule has 0 spiro atoms. The van der Waals surface area contributed by atoms with Gasteiger partial charge in [0.1, 0.15) is 11.6 Å². The van der Waals surface area contributed by atoms with Crippen LogP contribution in [0.1, 0.15) is 15.9 Å². The molecular formula is C15H13FO3. The van der Waals surface area contributed by atoms with Crippen molar-refractivity contribution in [1.82, 2.24) is 0 Å². The standard InChI is InChI=1S/C15H13FO3/c1-9-11(4-3-5-12(9)15(17)18)13-8-10(19-2)6-7-14(13)16/h3-8H,1-2H3,(H,17,18). The van der Waals surface area contributed by atoms with E-state index in [1.807, 2.05) is 0 Å². The van der Waals surface area contributed by atoms with E-state index < -0.39 is 11.8 Å². The van der Waals surface area contributed by atoms with Crippen LogP contribution >= 0.6 is 0 Å². The van der Waals surface area contributed by atoms with Gasteiger partial charge in [-0.25, -0.2) is 9.18 Å². The van der Waals surface area contributed by atoms with Crippen LogP contribution in [0.3, 0.4) is 0 Å². The molecule has 0 fully saturated rings. The van der Waals surface area contributed by atoms with Crippen molar-refractivity contribution in [2.75, 3.05) is 7.11 Å². The van der Waals surface area contributed by atoms with E-state index in [9.17, 15) is 9.18 Å². The molecule has 98 valence electrons. The summed E-state index contributed by atoms with van der Waals surface area (Å²) in [6, 6.07) is 9.18. The predicted octanol–water partition coefficient (Wildman–Crippen LogP) is 3.51. The van der Waals surface area contributed by atoms with E-state index in [4.69, 9.17) is 9.84 Å². The molecule has 2 aromatic rings. The van der Waals surface area contributed by atoms with E-state index in [2.05, 4.69) is 0 Å². The van der Waals surface area contributed by atoms with Crippen molar-refractivity contribution in [2.24, 2.45) is 0 Å². The zero-order valence-electron chi connectivity index (χ0n) is 10.6. The third kappa shape index (κ3) is 2.42. The maximum absolute atomic E-state index is 13.9. The Hall–Kier alpha value is -2.36. The minimum atomic E-state index is -1.03. The number of halogens is 1. The van der Waals surface area contributed by atoms with Gasteiger partial charge in [-0.15, -0.1) is 0 Å². The summed E-state index contributed by atoms with van der Waals surface area (Å²) in [5.41, 5.74) is 1.58. The van der Waals surface area contributed by atoms with Crippen molar-refractivity contribution >= 4 is 5.97 Å². The molecule has 0 aliphatic heterocycles. The summed E-state index contributed by atoms with van der Waals surface area (Å²) in [5.74, 6) is -0.911. The molecule has 1 N–H and O–H groups in total. The summed E-state index contributed by atoms with van der Waals surface area (Å²) >= 11 is 0. The van der Waals surface area contributed by atoms with Crippen LogP contribution in [-0.2, 0) is 0 Å². The van der Waals surface area contributed by atoms with E-state index in [0.29, 0.717) is 22.4 Å². The van der Waals surface area contributed by atoms with E-state index in [1.165, 1.54) is 25.3 Å². The summed E-state index contributed by atoms with van der Waals surface area (Å²) in [7, 11) is 1.50. The van der Waals surface area contributed by atoms with Crippen LogP contribution in [0.25, 0.3) is 11.1 Å². The molecule has 0 saturated heterocycles. The van der Waals surface area contributed by atoms with Crippen LogP contribution in [0, 0.1) is 12.7 Å². The number of methoxy groups -OCH3 is 1. The Morgan fingerprint density at radius 1 is 1.21 bits per heavy atom. The molecule has 0 bridgehead atoms. The van der Waals surface area contributed by atoms with Crippen LogP contribution in [0.4, 0.5) is 4.39 Å². The average molecular weight is 260 g/mol. The summed E-state index contributed by atoms with van der Waals surface area (Å²) in [6.45, 7) is 1.66. The van der Waals surface area contributed by atoms with Gasteiger partial charge in [0.25, 0.3) is 0 Å². The lowest BCUT2D eigenvalue weighted by atomic mass is 9.96. The summed E-state index contributed by atoms with van der Waals surface area (Å²) < 4.78 is 19.0. The highest BCUT2D eigenvalue weighted by molar-refractivity contribution is 5.92. The first-order valence-electron chi connectivity index (χ1n) is 5.71. The number of hydrogen-bond donors (Lipinski definition) is 1. The Morgan fingerprint density at radius 3 is 2.58 bits per heavy atom. The van der Waals surface area contributed by atoms with Gasteiger partial charge in [-0.3, -0.25) is 0 Å². The Morgan fingerprint density at radius 2 is 1.95 bits per heavy atom. The first-order valence-corrected chi connectivity index (χ1v) is 5.71. The van der Waals surface area contributed by atoms with Gasteiger partial charge in [-0.05, 0) is 42.3 Å². The molecule has 0 amide bonds. The second kappa shape index (κ2) is 5.10. The first-order chi connectivity index (χ1) is 9.04. The van der Waals surface area contributed by atoms with E-state index >= 15 is 0 Å². The molecule has 2 aromatic carbocycles. The fourth-order valence-corrected chi connectivity index (χ4v) is 2.00. The number of aromatic carboxylic acids is 1. The summed E-state index contributed by atoms with van der Waals surface area (Å²) in [5, 5.41) is 9.09. The Balaban J connectivity index is 2.65. The second-order valence-corrected chi connectivity index (χ2v) is 4.13. The zero-order valence-corrected chi connectivity index (χ0v) is 10.6. The number of hydrogen-bond acceptors (Lipinski definition) is 2. The Kier molecular flexibility index (Phi) is 3.51. The first kappa shape index (κ1) is 13.1. The van der Waals surface area contributed by atoms with Crippen LogP contribution in [0.2, 0.25) is 0 Å². The molecule has 0 aromatic heterocycles. The molecule has 0 saturated carbocycles. The van der Waals surface area contributed by atoms with Gasteiger partial charge in [0.15, 0.2) is 0 Å². The normalized spacial score (nSPS) is 10.3. The highest BCUT2D eigenvalue weighted by atomic mass is 19.1. The fraction of sp³-hybridized carbons (Fsp3) is 0.133. The molecule has 19 heavy (non-hydrogen) atoms. The SMILES string of the molecule is COc1ccc(F)c(-c2cccc(C(=O)O)c2C)c1. The van der Waals surface area contributed by atoms with Crippen molar-refractivity contribution < 1.29 is 19.0 Å². The van der Waals surface area contributed by atoms with Gasteiger partial charge in [0.2, 0.25) is 0 Å². The van der Waals surface area contributed by atoms with Crippen molar-refractivity contribution in [3.8, 4) is 16.9 Å². The molecule has 0 aliphatic carbocycles. The molecule has 0 atom stereocenters. The van der Waals surface area contributed by atoms with Crippen LogP contribution < -0.4 is 4.74 Å². The van der Waals surface area contributed by atoms with Crippen LogP contribution in [0.15, 0.2) is 36.4 Å². The lowest BCUT2D eigenvalue weighted by Gasteiger charge is -2.11. The van der Waals surface area contributed by atoms with Crippen molar-refractivity contribution in [3.63, 3.8) is 0 Å². The molecule has 0 unspecified atom stereocenters. The van der Waals surface area contributed by atoms with Crippen LogP contribution in [0.5, 0.6) is 5.75 Å². The minimum Gasteiger partial charge on any atom is -0.497 e. The quantitative estimate of drug-likeness (QED) is 0.918. The highest BCUT2D eigenvalue weighted by Gasteiger charge is 2.14. The van der Waals surface area contributed by atoms with Gasteiger partial charge >= 0.3 is 5.97 Å². The van der Waals surface area contributed by atoms with Crippen LogP contribution in [-0.4, -0.2) is 18.2 Å². The number of carbonyl (C=O) groups is 1. The highest BCUT2D eigenvalue weighted by Crippen LogP contribution is 2.30. The maximum atomic E-state index is 13.9. The molecule has 4 heteroatoms. The van der Waals surface area contributed by atoms with E-state index in [-0.39, 0.29) is 5.56 Å². The van der Waals surface area contributed by atoms with Gasteiger partial charge in [0, 0.05) is 5.56 Å². The third-order valence-electron chi connectivity index (χ3n) is 3.03. The monoisotopic (exact) mass is 260 g/mol. The molecule has 0 aliphatic rings. The molecule has 0 heterocycles. The summed E-state index contributed by atoms with van der Waals surface area (Å²) in [6.07, 6.45) is 0. The Labute approximate surface area is 110 Å². The van der Waals surface area contributed by atoms with Crippen molar-refractivity contribution in [1.29, 1.82) is 0 Å². The number of rotatable bonds is 3. The van der Waals surface area contributed by atoms with E-state index in [0.717, 1.165) is 0 Å². The number of benzene rings is 2. The molecule has 2 rings (SSSR count). The lowest BCUT2D eigenvalue weighted by Crippen LogP contribution is -2.01. The van der Waals surface area contributed by atoms with Gasteiger partial charge in [-0.2, -0.15) is 0 Å². The smallest absolute Gasteiger partial charge is 0.335 e. The zero-order chi connectivity index (χ0) is 14.0. The largest absolute Gasteiger partial charge is 0.497 e. The predicted molar refractivity (Wildman–Crippen MR) is 70.1 cm³/mol. The minimum absolute atomic E-state index is 0.166. The number of ether oxygens (including phenoxy) is 1. The van der Waals surface area contributed by atoms with Gasteiger partial charge in [-0.1, -0.05) is 12.1 Å². The lowest BCUT2D eigenvalue weighted by molar-refractivity contribution is 0.0696. The van der Waals surface area contributed by atoms with Gasteiger partial charge < -0.3 is 9.84 Å². The van der Waals surface area contributed by atoms with E-state index in [1.54, 1.807) is 25.1 Å². The molecule has 3 nitrogen and oxygen atoms in total. The third-order valence-corrected chi connectivity index (χ3v) is 3.03. The topological polar surface area (TPSA) is 46.5 Å². The fourth-order valence-electron chi connectivity index (χ4n) is 2.00. The van der Waals surface area contributed by atoms with Crippen molar-refractivity contribution in [3.05, 3.63) is 53.3 Å². The molecular weight excluding hydrogens is 247 g/mol. The molecule has 0 radical (unpaired) electrons. The van der Waals surface area contributed by atoms with Crippen molar-refractivity contribution in [2.45, 2.75) is 6.92 Å².